The number of nitrogens with one attached hydrogen (secondary N) is 1. The van der Waals surface area contributed by atoms with E-state index in [2.05, 4.69) is 5.32 Å². The second-order valence-corrected chi connectivity index (χ2v) is 7.28. The average molecular weight is 399 g/mol. The zero-order chi connectivity index (χ0) is 19.2. The van der Waals surface area contributed by atoms with E-state index in [0.29, 0.717) is 16.3 Å². The van der Waals surface area contributed by atoms with Gasteiger partial charge in [0.1, 0.15) is 5.56 Å². The van der Waals surface area contributed by atoms with Crippen LogP contribution in [0.25, 0.3) is 0 Å². The van der Waals surface area contributed by atoms with Crippen molar-refractivity contribution in [2.45, 2.75) is 16.3 Å². The number of pyridine rings is 1. The van der Waals surface area contributed by atoms with E-state index in [4.69, 9.17) is 17.3 Å². The number of anilines is 1. The van der Waals surface area contributed by atoms with Crippen LogP contribution in [0.5, 0.6) is 0 Å². The van der Waals surface area contributed by atoms with E-state index in [9.17, 15) is 9.59 Å². The molecule has 3 N–H and O–H groups in total. The number of amides is 2. The molecule has 1 heterocycles. The number of primary amides is 1. The van der Waals surface area contributed by atoms with Crippen molar-refractivity contribution in [3.63, 3.8) is 0 Å². The Kier molecular flexibility index (Phi) is 6.11. The van der Waals surface area contributed by atoms with E-state index in [1.165, 1.54) is 11.8 Å². The van der Waals surface area contributed by atoms with E-state index in [-0.39, 0.29) is 12.5 Å². The lowest BCUT2D eigenvalue weighted by Gasteiger charge is -2.10. The Bertz CT molecular complexity index is 977. The van der Waals surface area contributed by atoms with Gasteiger partial charge in [0, 0.05) is 20.9 Å². The second kappa shape index (κ2) is 8.70. The Morgan fingerprint density at radius 2 is 1.78 bits per heavy atom. The third-order valence-electron chi connectivity index (χ3n) is 3.67. The maximum atomic E-state index is 12.4. The number of hydrogen-bond acceptors (Lipinski definition) is 3. The molecule has 0 aliphatic heterocycles. The van der Waals surface area contributed by atoms with Crippen molar-refractivity contribution >= 4 is 40.9 Å². The summed E-state index contributed by atoms with van der Waals surface area (Å²) in [6.07, 6.45) is 3.26. The number of rotatable bonds is 6. The van der Waals surface area contributed by atoms with Crippen LogP contribution in [0, 0.1) is 0 Å². The fourth-order valence-corrected chi connectivity index (χ4v) is 3.44. The Morgan fingerprint density at radius 1 is 1.04 bits per heavy atom. The van der Waals surface area contributed by atoms with E-state index in [1.54, 1.807) is 29.1 Å². The molecule has 0 aliphatic rings. The van der Waals surface area contributed by atoms with Gasteiger partial charge in [-0.25, -0.2) is 0 Å². The molecule has 1 aromatic heterocycles. The Balaban J connectivity index is 1.72. The molecule has 0 aliphatic carbocycles. The number of hydrogen-bond donors (Lipinski definition) is 2. The van der Waals surface area contributed by atoms with Gasteiger partial charge in [0.15, 0.2) is 12.4 Å². The van der Waals surface area contributed by atoms with Crippen molar-refractivity contribution in [3.05, 3.63) is 83.6 Å². The molecule has 0 bridgehead atoms. The first-order valence-corrected chi connectivity index (χ1v) is 9.32. The topological polar surface area (TPSA) is 76.1 Å². The number of aromatic nitrogens is 1. The van der Waals surface area contributed by atoms with Crippen LogP contribution in [0.4, 0.5) is 5.69 Å². The van der Waals surface area contributed by atoms with Gasteiger partial charge in [0.25, 0.3) is 11.8 Å². The standard InChI is InChI=1S/C20H16ClN3O2S/c21-15-7-9-16(10-8-15)27-18-6-2-1-5-17(18)23-19(25)13-24-11-3-4-14(12-24)20(22)26/h1-12H,13H2,(H2-,22,23,25,26)/p+1. The normalized spacial score (nSPS) is 10.4. The molecule has 0 fully saturated rings. The number of para-hydroxylation sites is 1. The molecule has 3 aromatic rings. The summed E-state index contributed by atoms with van der Waals surface area (Å²) < 4.78 is 1.62. The first-order chi connectivity index (χ1) is 13.0. The number of nitrogens with two attached hydrogens (primary N) is 1. The molecule has 0 saturated heterocycles. The minimum atomic E-state index is -0.533. The summed E-state index contributed by atoms with van der Waals surface area (Å²) >= 11 is 7.46. The van der Waals surface area contributed by atoms with Crippen molar-refractivity contribution in [3.8, 4) is 0 Å². The molecule has 27 heavy (non-hydrogen) atoms. The second-order valence-electron chi connectivity index (χ2n) is 5.73. The van der Waals surface area contributed by atoms with Crippen LogP contribution in [0.15, 0.2) is 82.8 Å². The first-order valence-electron chi connectivity index (χ1n) is 8.12. The van der Waals surface area contributed by atoms with Gasteiger partial charge in [0.05, 0.1) is 5.69 Å². The Morgan fingerprint density at radius 3 is 2.52 bits per heavy atom. The number of carbonyl (C=O) groups is 2. The number of nitrogens with zero attached hydrogens (tertiary/aromatic N) is 1. The van der Waals surface area contributed by atoms with Gasteiger partial charge in [-0.3, -0.25) is 9.59 Å². The average Bonchev–Trinajstić information content (AvgIpc) is 2.65. The summed E-state index contributed by atoms with van der Waals surface area (Å²) in [7, 11) is 0. The molecule has 136 valence electrons. The van der Waals surface area contributed by atoms with Crippen molar-refractivity contribution in [2.24, 2.45) is 5.73 Å². The lowest BCUT2D eigenvalue weighted by atomic mass is 10.2. The highest BCUT2D eigenvalue weighted by Gasteiger charge is 2.14. The Hall–Kier alpha value is -2.83. The van der Waals surface area contributed by atoms with Crippen molar-refractivity contribution in [1.82, 2.24) is 0 Å². The van der Waals surface area contributed by atoms with Gasteiger partial charge >= 0.3 is 0 Å². The molecule has 0 spiro atoms. The summed E-state index contributed by atoms with van der Waals surface area (Å²) in [6, 6.07) is 18.4. The van der Waals surface area contributed by atoms with Crippen LogP contribution in [-0.4, -0.2) is 11.8 Å². The fourth-order valence-electron chi connectivity index (χ4n) is 2.41. The highest BCUT2D eigenvalue weighted by molar-refractivity contribution is 7.99. The molecule has 0 unspecified atom stereocenters. The van der Waals surface area contributed by atoms with Crippen LogP contribution in [0.1, 0.15) is 10.4 Å². The van der Waals surface area contributed by atoms with Gasteiger partial charge in [-0.2, -0.15) is 4.57 Å². The lowest BCUT2D eigenvalue weighted by molar-refractivity contribution is -0.684. The minimum absolute atomic E-state index is 0.0705. The number of carbonyl (C=O) groups excluding carboxylic acids is 2. The summed E-state index contributed by atoms with van der Waals surface area (Å²) in [5, 5.41) is 3.59. The molecule has 0 radical (unpaired) electrons. The van der Waals surface area contributed by atoms with Crippen LogP contribution in [0.2, 0.25) is 5.02 Å². The number of benzene rings is 2. The van der Waals surface area contributed by atoms with E-state index >= 15 is 0 Å². The molecule has 2 aromatic carbocycles. The van der Waals surface area contributed by atoms with Crippen LogP contribution in [0.3, 0.4) is 0 Å². The van der Waals surface area contributed by atoms with Crippen molar-refractivity contribution in [2.75, 3.05) is 5.32 Å². The van der Waals surface area contributed by atoms with E-state index < -0.39 is 5.91 Å². The summed E-state index contributed by atoms with van der Waals surface area (Å²) in [6.45, 7) is 0.0705. The minimum Gasteiger partial charge on any atom is -0.365 e. The molecule has 5 nitrogen and oxygen atoms in total. The molecule has 0 saturated carbocycles. The monoisotopic (exact) mass is 398 g/mol. The highest BCUT2D eigenvalue weighted by atomic mass is 35.5. The van der Waals surface area contributed by atoms with E-state index in [0.717, 1.165) is 9.79 Å². The van der Waals surface area contributed by atoms with E-state index in [1.807, 2.05) is 48.5 Å². The van der Waals surface area contributed by atoms with Gasteiger partial charge in [-0.1, -0.05) is 35.5 Å². The molecule has 7 heteroatoms. The quantitative estimate of drug-likeness (QED) is 0.624. The summed E-state index contributed by atoms with van der Waals surface area (Å²) in [4.78, 5) is 25.6. The molecule has 3 rings (SSSR count). The zero-order valence-electron chi connectivity index (χ0n) is 14.3. The van der Waals surface area contributed by atoms with Gasteiger partial charge in [-0.15, -0.1) is 0 Å². The number of halogens is 1. The van der Waals surface area contributed by atoms with Crippen LogP contribution in [-0.2, 0) is 11.3 Å². The molecule has 2 amide bonds. The highest BCUT2D eigenvalue weighted by Crippen LogP contribution is 2.33. The largest absolute Gasteiger partial charge is 0.365 e. The smallest absolute Gasteiger partial charge is 0.290 e. The first kappa shape index (κ1) is 18.9. The Labute approximate surface area is 166 Å². The van der Waals surface area contributed by atoms with Crippen molar-refractivity contribution in [1.29, 1.82) is 0 Å². The summed E-state index contributed by atoms with van der Waals surface area (Å²) in [5.74, 6) is -0.736. The van der Waals surface area contributed by atoms with Gasteiger partial charge in [0.2, 0.25) is 6.54 Å². The van der Waals surface area contributed by atoms with Gasteiger partial charge < -0.3 is 11.1 Å². The molecule has 0 atom stereocenters. The third kappa shape index (κ3) is 5.32. The summed E-state index contributed by atoms with van der Waals surface area (Å²) in [5.41, 5.74) is 6.34. The maximum Gasteiger partial charge on any atom is 0.290 e. The fraction of sp³-hybridized carbons (Fsp3) is 0.0500. The molecular weight excluding hydrogens is 382 g/mol. The zero-order valence-corrected chi connectivity index (χ0v) is 15.8. The predicted octanol–water partition coefficient (Wildman–Crippen LogP) is 3.52. The van der Waals surface area contributed by atoms with Crippen molar-refractivity contribution < 1.29 is 14.2 Å². The van der Waals surface area contributed by atoms with Gasteiger partial charge in [-0.05, 0) is 42.5 Å². The predicted molar refractivity (Wildman–Crippen MR) is 106 cm³/mol. The van der Waals surface area contributed by atoms with Crippen LogP contribution < -0.4 is 15.6 Å². The third-order valence-corrected chi connectivity index (χ3v) is 5.01. The maximum absolute atomic E-state index is 12.4. The van der Waals surface area contributed by atoms with Crippen LogP contribution >= 0.6 is 23.4 Å². The SMILES string of the molecule is NC(=O)c1ccc[n+](CC(=O)Nc2ccccc2Sc2ccc(Cl)cc2)c1. The lowest BCUT2D eigenvalue weighted by Crippen LogP contribution is -2.40. The molecular formula is C20H17ClN3O2S+.